The third-order valence-electron chi connectivity index (χ3n) is 4.88. The van der Waals surface area contributed by atoms with E-state index in [1.165, 1.54) is 6.26 Å². The Morgan fingerprint density at radius 2 is 1.11 bits per heavy atom. The van der Waals surface area contributed by atoms with Crippen LogP contribution in [0.25, 0.3) is 17.2 Å². The van der Waals surface area contributed by atoms with Crippen molar-refractivity contribution in [2.45, 2.75) is 6.92 Å². The maximum atomic E-state index is 5.74. The van der Waals surface area contributed by atoms with Gasteiger partial charge >= 0.3 is 0 Å². The fraction of sp³-hybridized carbons (Fsp3) is 0.0714. The average Bonchev–Trinajstić information content (AvgIpc) is 2.87. The number of nitrogen functional groups attached to an aromatic ring is 2. The van der Waals surface area contributed by atoms with E-state index in [0.717, 1.165) is 22.4 Å². The Bertz CT molecular complexity index is 1230. The SMILES string of the molecule is CCOc1ccc(-c2ccc(OO/C=C/c3ccc(OOc4cc(N)cc(N)c4)cc3)cc2)cc1. The Morgan fingerprint density at radius 1 is 0.600 bits per heavy atom. The average molecular weight is 471 g/mol. The van der Waals surface area contributed by atoms with E-state index in [0.29, 0.717) is 35.2 Å². The summed E-state index contributed by atoms with van der Waals surface area (Å²) >= 11 is 0. The number of rotatable bonds is 10. The number of anilines is 2. The maximum Gasteiger partial charge on any atom is 0.182 e. The van der Waals surface area contributed by atoms with Crippen molar-refractivity contribution >= 4 is 17.5 Å². The van der Waals surface area contributed by atoms with Crippen molar-refractivity contribution < 1.29 is 24.3 Å². The van der Waals surface area contributed by atoms with Crippen LogP contribution < -0.4 is 30.9 Å². The van der Waals surface area contributed by atoms with Crippen LogP contribution in [0.3, 0.4) is 0 Å². The van der Waals surface area contributed by atoms with Crippen LogP contribution in [0, 0.1) is 0 Å². The Labute approximate surface area is 203 Å². The highest BCUT2D eigenvalue weighted by molar-refractivity contribution is 5.65. The molecule has 7 heteroatoms. The first-order chi connectivity index (χ1) is 17.1. The summed E-state index contributed by atoms with van der Waals surface area (Å²) in [6.45, 7) is 2.61. The minimum Gasteiger partial charge on any atom is -0.494 e. The second-order valence-electron chi connectivity index (χ2n) is 7.54. The Balaban J connectivity index is 1.24. The van der Waals surface area contributed by atoms with Crippen LogP contribution in [0.1, 0.15) is 12.5 Å². The summed E-state index contributed by atoms with van der Waals surface area (Å²) < 4.78 is 5.48. The minimum absolute atomic E-state index is 0.421. The first-order valence-electron chi connectivity index (χ1n) is 11.0. The summed E-state index contributed by atoms with van der Waals surface area (Å²) in [4.78, 5) is 21.1. The van der Waals surface area contributed by atoms with Gasteiger partial charge in [-0.2, -0.15) is 0 Å². The van der Waals surface area contributed by atoms with Gasteiger partial charge in [0.25, 0.3) is 0 Å². The van der Waals surface area contributed by atoms with E-state index in [1.54, 1.807) is 36.4 Å². The van der Waals surface area contributed by atoms with Gasteiger partial charge in [0.15, 0.2) is 17.2 Å². The molecule has 0 aliphatic heterocycles. The maximum absolute atomic E-state index is 5.74. The smallest absolute Gasteiger partial charge is 0.182 e. The largest absolute Gasteiger partial charge is 0.494 e. The van der Waals surface area contributed by atoms with Gasteiger partial charge in [0, 0.05) is 23.5 Å². The van der Waals surface area contributed by atoms with Gasteiger partial charge in [0.1, 0.15) is 12.0 Å². The van der Waals surface area contributed by atoms with Crippen LogP contribution in [-0.4, -0.2) is 6.61 Å². The molecule has 0 heterocycles. The molecule has 4 N–H and O–H groups in total. The van der Waals surface area contributed by atoms with Crippen molar-refractivity contribution in [2.24, 2.45) is 0 Å². The second kappa shape index (κ2) is 11.4. The van der Waals surface area contributed by atoms with Crippen molar-refractivity contribution in [1.82, 2.24) is 0 Å². The van der Waals surface area contributed by atoms with E-state index in [2.05, 4.69) is 0 Å². The molecule has 4 rings (SSSR count). The molecule has 0 atom stereocenters. The van der Waals surface area contributed by atoms with Gasteiger partial charge in [0.05, 0.1) is 6.61 Å². The van der Waals surface area contributed by atoms with Crippen LogP contribution in [0.5, 0.6) is 23.0 Å². The minimum atomic E-state index is 0.421. The van der Waals surface area contributed by atoms with Gasteiger partial charge < -0.3 is 16.2 Å². The highest BCUT2D eigenvalue weighted by atomic mass is 17.2. The van der Waals surface area contributed by atoms with Gasteiger partial charge in [-0.05, 0) is 72.2 Å². The van der Waals surface area contributed by atoms with Crippen LogP contribution in [0.2, 0.25) is 0 Å². The highest BCUT2D eigenvalue weighted by Crippen LogP contribution is 2.25. The van der Waals surface area contributed by atoms with E-state index in [1.807, 2.05) is 67.6 Å². The molecule has 4 aromatic rings. The van der Waals surface area contributed by atoms with Crippen LogP contribution in [0.15, 0.2) is 97.3 Å². The van der Waals surface area contributed by atoms with Crippen molar-refractivity contribution in [3.05, 3.63) is 103 Å². The summed E-state index contributed by atoms with van der Waals surface area (Å²) in [6.07, 6.45) is 3.22. The zero-order chi connectivity index (χ0) is 24.5. The van der Waals surface area contributed by atoms with E-state index in [9.17, 15) is 0 Å². The number of ether oxygens (including phenoxy) is 1. The van der Waals surface area contributed by atoms with Gasteiger partial charge in [0.2, 0.25) is 0 Å². The Morgan fingerprint density at radius 3 is 1.71 bits per heavy atom. The molecule has 178 valence electrons. The lowest BCUT2D eigenvalue weighted by Crippen LogP contribution is -2.01. The molecule has 0 radical (unpaired) electrons. The fourth-order valence-corrected chi connectivity index (χ4v) is 3.23. The number of benzene rings is 4. The highest BCUT2D eigenvalue weighted by Gasteiger charge is 2.02. The lowest BCUT2D eigenvalue weighted by atomic mass is 10.1. The quantitative estimate of drug-likeness (QED) is 0.122. The van der Waals surface area contributed by atoms with E-state index < -0.39 is 0 Å². The van der Waals surface area contributed by atoms with Gasteiger partial charge in [-0.25, -0.2) is 0 Å². The Kier molecular flexibility index (Phi) is 7.60. The van der Waals surface area contributed by atoms with Crippen LogP contribution >= 0.6 is 0 Å². The monoisotopic (exact) mass is 470 g/mol. The molecule has 7 nitrogen and oxygen atoms in total. The fourth-order valence-electron chi connectivity index (χ4n) is 3.23. The molecule has 0 aliphatic carbocycles. The Hall–Kier alpha value is -4.78. The predicted molar refractivity (Wildman–Crippen MR) is 137 cm³/mol. The molecule has 0 aliphatic rings. The lowest BCUT2D eigenvalue weighted by molar-refractivity contribution is -0.148. The molecular formula is C28H26N2O5. The zero-order valence-electron chi connectivity index (χ0n) is 19.2. The third kappa shape index (κ3) is 6.85. The van der Waals surface area contributed by atoms with Crippen LogP contribution in [-0.2, 0) is 4.89 Å². The summed E-state index contributed by atoms with van der Waals surface area (Å²) in [6, 6.07) is 27.7. The molecule has 35 heavy (non-hydrogen) atoms. The van der Waals surface area contributed by atoms with Crippen molar-refractivity contribution in [2.75, 3.05) is 18.1 Å². The standard InChI is InChI=1S/C28H26N2O5/c1-2-31-25-11-5-21(6-12-25)22-7-13-26(14-8-22)33-32-16-15-20-3-9-27(10-4-20)34-35-28-18-23(29)17-24(30)19-28/h3-19H,2,29-30H2,1H3/b16-15+. The van der Waals surface area contributed by atoms with Crippen molar-refractivity contribution in [1.29, 1.82) is 0 Å². The van der Waals surface area contributed by atoms with Gasteiger partial charge in [-0.15, -0.1) is 0 Å². The van der Waals surface area contributed by atoms with E-state index >= 15 is 0 Å². The van der Waals surface area contributed by atoms with Crippen molar-refractivity contribution in [3.8, 4) is 34.1 Å². The van der Waals surface area contributed by atoms with E-state index in [-0.39, 0.29) is 0 Å². The molecule has 0 spiro atoms. The first kappa shape index (κ1) is 23.4. The van der Waals surface area contributed by atoms with Gasteiger partial charge in [-0.3, -0.25) is 19.6 Å². The second-order valence-corrected chi connectivity index (χ2v) is 7.54. The zero-order valence-corrected chi connectivity index (χ0v) is 19.2. The summed E-state index contributed by atoms with van der Waals surface area (Å²) in [5.74, 6) is 2.39. The number of nitrogens with two attached hydrogens (primary N) is 2. The molecular weight excluding hydrogens is 444 g/mol. The first-order valence-corrected chi connectivity index (χ1v) is 11.0. The predicted octanol–water partition coefficient (Wildman–Crippen LogP) is 6.27. The van der Waals surface area contributed by atoms with Crippen LogP contribution in [0.4, 0.5) is 11.4 Å². The summed E-state index contributed by atoms with van der Waals surface area (Å²) in [5, 5.41) is 0. The third-order valence-corrected chi connectivity index (χ3v) is 4.88. The normalized spacial score (nSPS) is 10.7. The topological polar surface area (TPSA) is 98.2 Å². The van der Waals surface area contributed by atoms with E-state index in [4.69, 9.17) is 35.8 Å². The lowest BCUT2D eigenvalue weighted by Gasteiger charge is -2.07. The molecule has 0 saturated carbocycles. The summed E-state index contributed by atoms with van der Waals surface area (Å²) in [7, 11) is 0. The van der Waals surface area contributed by atoms with Gasteiger partial charge in [-0.1, -0.05) is 36.4 Å². The molecule has 0 saturated heterocycles. The molecule has 4 aromatic carbocycles. The number of hydrogen-bond donors (Lipinski definition) is 2. The molecule has 0 amide bonds. The number of hydrogen-bond acceptors (Lipinski definition) is 7. The molecule has 0 unspecified atom stereocenters. The van der Waals surface area contributed by atoms with Crippen molar-refractivity contribution in [3.63, 3.8) is 0 Å². The molecule has 0 aromatic heterocycles. The summed E-state index contributed by atoms with van der Waals surface area (Å²) in [5.41, 5.74) is 15.5. The molecule has 0 bridgehead atoms. The molecule has 0 fully saturated rings.